The number of ether oxygens (including phenoxy) is 1. The number of aliphatic hydroxyl groups excluding tert-OH is 1. The third-order valence-electron chi connectivity index (χ3n) is 2.18. The second kappa shape index (κ2) is 6.13. The van der Waals surface area contributed by atoms with Crippen molar-refractivity contribution in [2.75, 3.05) is 6.61 Å². The number of aliphatic hydroxyl groups is 1. The summed E-state index contributed by atoms with van der Waals surface area (Å²) in [4.78, 5) is 0. The lowest BCUT2D eigenvalue weighted by molar-refractivity contribution is 0.191. The second-order valence-corrected chi connectivity index (χ2v) is 4.48. The van der Waals surface area contributed by atoms with E-state index < -0.39 is 6.10 Å². The van der Waals surface area contributed by atoms with Crippen LogP contribution in [0.15, 0.2) is 22.7 Å². The van der Waals surface area contributed by atoms with Gasteiger partial charge < -0.3 is 9.84 Å². The molecule has 0 saturated carbocycles. The van der Waals surface area contributed by atoms with E-state index in [1.54, 1.807) is 6.92 Å². The smallest absolute Gasteiger partial charge is 0.125 e. The highest BCUT2D eigenvalue weighted by Crippen LogP contribution is 2.28. The fourth-order valence-electron chi connectivity index (χ4n) is 1.30. The van der Waals surface area contributed by atoms with Crippen LogP contribution in [0.1, 0.15) is 38.4 Å². The zero-order valence-electron chi connectivity index (χ0n) is 9.16. The molecule has 0 bridgehead atoms. The van der Waals surface area contributed by atoms with Crippen LogP contribution in [0.3, 0.4) is 0 Å². The second-order valence-electron chi connectivity index (χ2n) is 3.56. The topological polar surface area (TPSA) is 29.5 Å². The minimum atomic E-state index is -0.501. The highest BCUT2D eigenvalue weighted by molar-refractivity contribution is 9.10. The Kier molecular flexibility index (Phi) is 5.12. The van der Waals surface area contributed by atoms with Gasteiger partial charge in [0.1, 0.15) is 5.75 Å². The quantitative estimate of drug-likeness (QED) is 0.829. The van der Waals surface area contributed by atoms with E-state index in [0.717, 1.165) is 28.6 Å². The minimum absolute atomic E-state index is 0.501. The lowest BCUT2D eigenvalue weighted by Gasteiger charge is -2.13. The Morgan fingerprint density at radius 2 is 2.20 bits per heavy atom. The van der Waals surface area contributed by atoms with Gasteiger partial charge in [-0.05, 0) is 31.5 Å². The first-order valence-electron chi connectivity index (χ1n) is 5.25. The van der Waals surface area contributed by atoms with Gasteiger partial charge in [-0.2, -0.15) is 0 Å². The largest absolute Gasteiger partial charge is 0.493 e. The molecule has 0 aliphatic rings. The van der Waals surface area contributed by atoms with Crippen molar-refractivity contribution in [3.8, 4) is 5.75 Å². The molecular weight excluding hydrogens is 256 g/mol. The first kappa shape index (κ1) is 12.5. The molecular formula is C12H17BrO2. The standard InChI is InChI=1S/C12H17BrO2/c1-3-4-7-15-12-6-5-10(13)8-11(12)9(2)14/h5-6,8-9,14H,3-4,7H2,1-2H3/t9-/m0/s1. The van der Waals surface area contributed by atoms with Gasteiger partial charge in [-0.3, -0.25) is 0 Å². The van der Waals surface area contributed by atoms with E-state index in [9.17, 15) is 5.11 Å². The number of rotatable bonds is 5. The molecule has 0 aliphatic carbocycles. The Labute approximate surface area is 99.4 Å². The molecule has 0 aliphatic heterocycles. The van der Waals surface area contributed by atoms with E-state index >= 15 is 0 Å². The lowest BCUT2D eigenvalue weighted by Crippen LogP contribution is -2.02. The molecule has 0 radical (unpaired) electrons. The first-order valence-corrected chi connectivity index (χ1v) is 6.04. The highest BCUT2D eigenvalue weighted by Gasteiger charge is 2.09. The van der Waals surface area contributed by atoms with E-state index in [1.807, 2.05) is 18.2 Å². The molecule has 3 heteroatoms. The minimum Gasteiger partial charge on any atom is -0.493 e. The zero-order chi connectivity index (χ0) is 11.3. The van der Waals surface area contributed by atoms with Gasteiger partial charge in [0.2, 0.25) is 0 Å². The van der Waals surface area contributed by atoms with Crippen molar-refractivity contribution in [3.05, 3.63) is 28.2 Å². The first-order chi connectivity index (χ1) is 7.15. The number of unbranched alkanes of at least 4 members (excludes halogenated alkanes) is 1. The normalized spacial score (nSPS) is 12.5. The third-order valence-corrected chi connectivity index (χ3v) is 2.67. The van der Waals surface area contributed by atoms with Crippen molar-refractivity contribution >= 4 is 15.9 Å². The molecule has 84 valence electrons. The summed E-state index contributed by atoms with van der Waals surface area (Å²) in [6, 6.07) is 5.71. The maximum Gasteiger partial charge on any atom is 0.125 e. The summed E-state index contributed by atoms with van der Waals surface area (Å²) >= 11 is 3.38. The third kappa shape index (κ3) is 3.84. The summed E-state index contributed by atoms with van der Waals surface area (Å²) in [7, 11) is 0. The fraction of sp³-hybridized carbons (Fsp3) is 0.500. The molecule has 1 aromatic carbocycles. The Morgan fingerprint density at radius 3 is 2.80 bits per heavy atom. The number of benzene rings is 1. The summed E-state index contributed by atoms with van der Waals surface area (Å²) in [5, 5.41) is 9.58. The molecule has 1 atom stereocenters. The summed E-state index contributed by atoms with van der Waals surface area (Å²) in [5.41, 5.74) is 0.834. The molecule has 1 rings (SSSR count). The van der Waals surface area contributed by atoms with E-state index in [2.05, 4.69) is 22.9 Å². The van der Waals surface area contributed by atoms with Crippen LogP contribution in [0.2, 0.25) is 0 Å². The van der Waals surface area contributed by atoms with Crippen molar-refractivity contribution < 1.29 is 9.84 Å². The molecule has 0 spiro atoms. The summed E-state index contributed by atoms with van der Waals surface area (Å²) in [6.45, 7) is 4.58. The molecule has 0 fully saturated rings. The maximum atomic E-state index is 9.58. The monoisotopic (exact) mass is 272 g/mol. The number of halogens is 1. The Hall–Kier alpha value is -0.540. The van der Waals surface area contributed by atoms with Gasteiger partial charge >= 0.3 is 0 Å². The molecule has 0 unspecified atom stereocenters. The lowest BCUT2D eigenvalue weighted by atomic mass is 10.1. The van der Waals surface area contributed by atoms with Crippen LogP contribution in [-0.4, -0.2) is 11.7 Å². The molecule has 1 N–H and O–H groups in total. The average molecular weight is 273 g/mol. The van der Waals surface area contributed by atoms with Crippen LogP contribution in [0, 0.1) is 0 Å². The fourth-order valence-corrected chi connectivity index (χ4v) is 1.68. The molecule has 0 heterocycles. The Morgan fingerprint density at radius 1 is 1.47 bits per heavy atom. The van der Waals surface area contributed by atoms with E-state index in [4.69, 9.17) is 4.74 Å². The average Bonchev–Trinajstić information content (AvgIpc) is 2.20. The summed E-state index contributed by atoms with van der Waals surface area (Å²) in [5.74, 6) is 0.779. The maximum absolute atomic E-state index is 9.58. The Bertz CT molecular complexity index is 310. The SMILES string of the molecule is CCCCOc1ccc(Br)cc1[C@H](C)O. The van der Waals surface area contributed by atoms with Crippen LogP contribution < -0.4 is 4.74 Å². The van der Waals surface area contributed by atoms with Crippen LogP contribution in [0.25, 0.3) is 0 Å². The number of hydrogen-bond acceptors (Lipinski definition) is 2. The van der Waals surface area contributed by atoms with Gasteiger partial charge in [-0.1, -0.05) is 29.3 Å². The van der Waals surface area contributed by atoms with Crippen molar-refractivity contribution in [1.29, 1.82) is 0 Å². The molecule has 1 aromatic rings. The van der Waals surface area contributed by atoms with Crippen LogP contribution in [0.4, 0.5) is 0 Å². The summed E-state index contributed by atoms with van der Waals surface area (Å²) < 4.78 is 6.57. The van der Waals surface area contributed by atoms with E-state index in [0.29, 0.717) is 6.61 Å². The highest BCUT2D eigenvalue weighted by atomic mass is 79.9. The van der Waals surface area contributed by atoms with E-state index in [1.165, 1.54) is 0 Å². The molecule has 2 nitrogen and oxygen atoms in total. The zero-order valence-corrected chi connectivity index (χ0v) is 10.8. The Balaban J connectivity index is 2.77. The molecule has 0 saturated heterocycles. The van der Waals surface area contributed by atoms with Crippen LogP contribution >= 0.6 is 15.9 Å². The van der Waals surface area contributed by atoms with Gasteiger partial charge in [-0.15, -0.1) is 0 Å². The van der Waals surface area contributed by atoms with Crippen LogP contribution in [-0.2, 0) is 0 Å². The van der Waals surface area contributed by atoms with Gasteiger partial charge in [0.15, 0.2) is 0 Å². The van der Waals surface area contributed by atoms with E-state index in [-0.39, 0.29) is 0 Å². The summed E-state index contributed by atoms with van der Waals surface area (Å²) in [6.07, 6.45) is 1.65. The molecule has 15 heavy (non-hydrogen) atoms. The van der Waals surface area contributed by atoms with Gasteiger partial charge in [0, 0.05) is 10.0 Å². The van der Waals surface area contributed by atoms with Crippen molar-refractivity contribution in [2.24, 2.45) is 0 Å². The van der Waals surface area contributed by atoms with Crippen LogP contribution in [0.5, 0.6) is 5.75 Å². The predicted molar refractivity (Wildman–Crippen MR) is 65.2 cm³/mol. The molecule has 0 amide bonds. The van der Waals surface area contributed by atoms with Crippen molar-refractivity contribution in [1.82, 2.24) is 0 Å². The van der Waals surface area contributed by atoms with Gasteiger partial charge in [-0.25, -0.2) is 0 Å². The number of hydrogen-bond donors (Lipinski definition) is 1. The molecule has 0 aromatic heterocycles. The van der Waals surface area contributed by atoms with Crippen molar-refractivity contribution in [3.63, 3.8) is 0 Å². The van der Waals surface area contributed by atoms with Crippen molar-refractivity contribution in [2.45, 2.75) is 32.8 Å². The predicted octanol–water partition coefficient (Wildman–Crippen LogP) is 3.68. The van der Waals surface area contributed by atoms with Gasteiger partial charge in [0.25, 0.3) is 0 Å². The van der Waals surface area contributed by atoms with Gasteiger partial charge in [0.05, 0.1) is 12.7 Å².